The first-order valence-electron chi connectivity index (χ1n) is 18.3. The van der Waals surface area contributed by atoms with E-state index in [4.69, 9.17) is 6.57 Å². The average molecular weight is 700 g/mol. The molecular formula is C50H29N5. The number of hydrogen-bond donors (Lipinski definition) is 0. The van der Waals surface area contributed by atoms with Crippen LogP contribution in [0.5, 0.6) is 0 Å². The van der Waals surface area contributed by atoms with Gasteiger partial charge in [0.05, 0.1) is 51.3 Å². The van der Waals surface area contributed by atoms with Gasteiger partial charge in [0.2, 0.25) is 0 Å². The lowest BCUT2D eigenvalue weighted by atomic mass is 9.99. The molecule has 0 atom stereocenters. The molecule has 0 saturated carbocycles. The molecule has 5 nitrogen and oxygen atoms in total. The van der Waals surface area contributed by atoms with E-state index < -0.39 is 0 Å². The Morgan fingerprint density at radius 3 is 1.36 bits per heavy atom. The van der Waals surface area contributed by atoms with Crippen LogP contribution in [-0.2, 0) is 0 Å². The fourth-order valence-electron chi connectivity index (χ4n) is 8.69. The maximum atomic E-state index is 10.4. The van der Waals surface area contributed by atoms with E-state index in [-0.39, 0.29) is 0 Å². The van der Waals surface area contributed by atoms with Crippen molar-refractivity contribution in [3.05, 3.63) is 193 Å². The van der Waals surface area contributed by atoms with Crippen molar-refractivity contribution in [2.75, 3.05) is 0 Å². The minimum absolute atomic E-state index is 0.600. The molecule has 11 aromatic rings. The second-order valence-corrected chi connectivity index (χ2v) is 14.0. The van der Waals surface area contributed by atoms with E-state index in [1.165, 1.54) is 32.6 Å². The van der Waals surface area contributed by atoms with E-state index in [0.717, 1.165) is 61.0 Å². The van der Waals surface area contributed by atoms with Crippen molar-refractivity contribution < 1.29 is 0 Å². The molecule has 0 saturated heterocycles. The van der Waals surface area contributed by atoms with Crippen molar-refractivity contribution in [1.82, 2.24) is 13.7 Å². The second kappa shape index (κ2) is 11.8. The van der Waals surface area contributed by atoms with Crippen LogP contribution in [0.25, 0.3) is 98.5 Å². The van der Waals surface area contributed by atoms with E-state index in [1.54, 1.807) is 0 Å². The van der Waals surface area contributed by atoms with Crippen molar-refractivity contribution in [3.63, 3.8) is 0 Å². The Morgan fingerprint density at radius 1 is 0.400 bits per heavy atom. The number of para-hydroxylation sites is 4. The molecule has 11 rings (SSSR count). The molecular weight excluding hydrogens is 671 g/mol. The third-order valence-electron chi connectivity index (χ3n) is 11.1. The highest BCUT2D eigenvalue weighted by atomic mass is 15.0. The fourth-order valence-corrected chi connectivity index (χ4v) is 8.69. The van der Waals surface area contributed by atoms with Gasteiger partial charge in [-0.15, -0.1) is 0 Å². The van der Waals surface area contributed by atoms with E-state index in [1.807, 2.05) is 42.5 Å². The molecule has 0 amide bonds. The molecule has 55 heavy (non-hydrogen) atoms. The third-order valence-corrected chi connectivity index (χ3v) is 11.1. The topological polar surface area (TPSA) is 42.9 Å². The number of aromatic nitrogens is 3. The smallest absolute Gasteiger partial charge is 0.188 e. The number of nitrogens with zero attached hydrogens (tertiary/aromatic N) is 5. The van der Waals surface area contributed by atoms with Crippen LogP contribution in [0.1, 0.15) is 5.56 Å². The molecule has 0 aliphatic rings. The molecule has 3 heterocycles. The molecule has 5 heteroatoms. The van der Waals surface area contributed by atoms with Crippen molar-refractivity contribution in [2.45, 2.75) is 0 Å². The van der Waals surface area contributed by atoms with Crippen molar-refractivity contribution in [3.8, 4) is 34.3 Å². The first-order valence-corrected chi connectivity index (χ1v) is 18.3. The Morgan fingerprint density at radius 2 is 0.818 bits per heavy atom. The van der Waals surface area contributed by atoms with Crippen LogP contribution < -0.4 is 0 Å². The molecule has 0 spiro atoms. The van der Waals surface area contributed by atoms with Gasteiger partial charge in [0, 0.05) is 44.0 Å². The van der Waals surface area contributed by atoms with Gasteiger partial charge >= 0.3 is 0 Å². The zero-order valence-electron chi connectivity index (χ0n) is 29.5. The molecule has 254 valence electrons. The largest absolute Gasteiger partial charge is 0.309 e. The molecule has 0 aliphatic heterocycles. The van der Waals surface area contributed by atoms with Gasteiger partial charge in [0.1, 0.15) is 0 Å². The van der Waals surface area contributed by atoms with Crippen LogP contribution >= 0.6 is 0 Å². The van der Waals surface area contributed by atoms with Gasteiger partial charge in [-0.2, -0.15) is 5.26 Å². The van der Waals surface area contributed by atoms with Crippen LogP contribution in [0.2, 0.25) is 0 Å². The van der Waals surface area contributed by atoms with Crippen molar-refractivity contribution in [1.29, 1.82) is 5.26 Å². The summed E-state index contributed by atoms with van der Waals surface area (Å²) in [7, 11) is 0. The first-order chi connectivity index (χ1) is 27.2. The predicted octanol–water partition coefficient (Wildman–Crippen LogP) is 13.1. The summed E-state index contributed by atoms with van der Waals surface area (Å²) in [6.45, 7) is 7.54. The molecule has 0 radical (unpaired) electrons. The molecule has 0 fully saturated rings. The summed E-state index contributed by atoms with van der Waals surface area (Å²) in [5.41, 5.74) is 12.9. The Bertz CT molecular complexity index is 3400. The van der Waals surface area contributed by atoms with Gasteiger partial charge in [0.25, 0.3) is 0 Å². The summed E-state index contributed by atoms with van der Waals surface area (Å²) >= 11 is 0. The summed E-state index contributed by atoms with van der Waals surface area (Å²) < 4.78 is 6.89. The number of nitriles is 1. The van der Waals surface area contributed by atoms with E-state index >= 15 is 0 Å². The quantitative estimate of drug-likeness (QED) is 0.169. The summed E-state index contributed by atoms with van der Waals surface area (Å²) in [5, 5.41) is 17.4. The normalized spacial score (nSPS) is 11.6. The lowest BCUT2D eigenvalue weighted by Gasteiger charge is -2.13. The summed E-state index contributed by atoms with van der Waals surface area (Å²) in [6.07, 6.45) is 0. The molecule has 0 bridgehead atoms. The van der Waals surface area contributed by atoms with Crippen LogP contribution in [0.3, 0.4) is 0 Å². The maximum Gasteiger partial charge on any atom is 0.188 e. The van der Waals surface area contributed by atoms with Crippen molar-refractivity contribution in [2.24, 2.45) is 0 Å². The maximum absolute atomic E-state index is 10.4. The molecule has 3 aromatic heterocycles. The lowest BCUT2D eigenvalue weighted by Crippen LogP contribution is -1.97. The molecule has 8 aromatic carbocycles. The van der Waals surface area contributed by atoms with Gasteiger partial charge in [-0.3, -0.25) is 0 Å². The Hall–Kier alpha value is -7.86. The molecule has 0 unspecified atom stereocenters. The Kier molecular flexibility index (Phi) is 6.61. The molecule has 0 N–H and O–H groups in total. The second-order valence-electron chi connectivity index (χ2n) is 14.0. The summed E-state index contributed by atoms with van der Waals surface area (Å²) in [4.78, 5) is 3.66. The Labute approximate surface area is 316 Å². The van der Waals surface area contributed by atoms with Crippen LogP contribution in [0.4, 0.5) is 5.69 Å². The number of fused-ring (bicyclic) bond motifs is 9. The number of benzene rings is 8. The van der Waals surface area contributed by atoms with Crippen LogP contribution in [-0.4, -0.2) is 13.7 Å². The van der Waals surface area contributed by atoms with Gasteiger partial charge < -0.3 is 13.7 Å². The highest BCUT2D eigenvalue weighted by Gasteiger charge is 2.18. The zero-order valence-corrected chi connectivity index (χ0v) is 29.5. The predicted molar refractivity (Wildman–Crippen MR) is 226 cm³/mol. The lowest BCUT2D eigenvalue weighted by molar-refractivity contribution is 1.16. The molecule has 0 aliphatic carbocycles. The van der Waals surface area contributed by atoms with Crippen LogP contribution in [0.15, 0.2) is 176 Å². The SMILES string of the molecule is [C-]#[N+]c1ccc2c(c1)c1ccccc1n2-c1ccc(-c2ccc(-n3c4ccccc4c4cc(-n5c6ccccc6c6ccccc65)ccc43)cc2)c(C#N)c1. The van der Waals surface area contributed by atoms with E-state index in [9.17, 15) is 5.26 Å². The highest BCUT2D eigenvalue weighted by molar-refractivity contribution is 6.13. The van der Waals surface area contributed by atoms with Gasteiger partial charge in [-0.25, -0.2) is 4.85 Å². The number of hydrogen-bond acceptors (Lipinski definition) is 1. The summed E-state index contributed by atoms with van der Waals surface area (Å²) in [5.74, 6) is 0. The minimum atomic E-state index is 0.600. The fraction of sp³-hybridized carbons (Fsp3) is 0. The minimum Gasteiger partial charge on any atom is -0.309 e. The monoisotopic (exact) mass is 699 g/mol. The van der Waals surface area contributed by atoms with Gasteiger partial charge in [-0.05, 0) is 95.4 Å². The average Bonchev–Trinajstić information content (AvgIpc) is 3.89. The van der Waals surface area contributed by atoms with E-state index in [2.05, 4.69) is 158 Å². The van der Waals surface area contributed by atoms with Gasteiger partial charge in [0.15, 0.2) is 5.69 Å². The van der Waals surface area contributed by atoms with Crippen LogP contribution in [0, 0.1) is 17.9 Å². The third kappa shape index (κ3) is 4.51. The Balaban J connectivity index is 1.01. The van der Waals surface area contributed by atoms with Crippen molar-refractivity contribution >= 4 is 71.1 Å². The highest BCUT2D eigenvalue weighted by Crippen LogP contribution is 2.39. The zero-order chi connectivity index (χ0) is 36.6. The summed E-state index contributed by atoms with van der Waals surface area (Å²) in [6, 6.07) is 63.8. The standard InChI is InChI=1S/C50H29N5/c1-52-34-20-26-49-43(29-34)41-12-4-9-17-48(41)54(49)36-23-25-38(33(28-36)31-51)32-18-21-35(22-19-32)53-47-16-8-5-13-42(47)44-30-37(24-27-50(44)53)55-45-14-6-2-10-39(45)40-11-3-7-15-46(40)55/h2-30H. The first kappa shape index (κ1) is 30.7. The number of rotatable bonds is 4. The van der Waals surface area contributed by atoms with E-state index in [0.29, 0.717) is 11.3 Å². The van der Waals surface area contributed by atoms with Gasteiger partial charge in [-0.1, -0.05) is 97.1 Å².